The van der Waals surface area contributed by atoms with Gasteiger partial charge >= 0.3 is 0 Å². The molecule has 5 nitrogen and oxygen atoms in total. The highest BCUT2D eigenvalue weighted by atomic mass is 19.1. The average Bonchev–Trinajstić information content (AvgIpc) is 2.92. The Morgan fingerprint density at radius 3 is 2.57 bits per heavy atom. The molecule has 6 heteroatoms. The van der Waals surface area contributed by atoms with Crippen molar-refractivity contribution in [3.8, 4) is 0 Å². The van der Waals surface area contributed by atoms with Crippen molar-refractivity contribution >= 4 is 5.91 Å². The van der Waals surface area contributed by atoms with Crippen LogP contribution in [0.25, 0.3) is 0 Å². The van der Waals surface area contributed by atoms with E-state index in [1.807, 2.05) is 41.8 Å². The highest BCUT2D eigenvalue weighted by Gasteiger charge is 2.31. The largest absolute Gasteiger partial charge is 0.337 e. The highest BCUT2D eigenvalue weighted by molar-refractivity contribution is 5.95. The summed E-state index contributed by atoms with van der Waals surface area (Å²) in [6, 6.07) is 6.99. The van der Waals surface area contributed by atoms with E-state index in [4.69, 9.17) is 0 Å². The van der Waals surface area contributed by atoms with Crippen LogP contribution in [0.5, 0.6) is 0 Å². The third kappa shape index (κ3) is 4.61. The van der Waals surface area contributed by atoms with Crippen LogP contribution in [0.4, 0.5) is 4.39 Å². The zero-order valence-corrected chi connectivity index (χ0v) is 17.4. The molecule has 0 saturated carbocycles. The smallest absolute Gasteiger partial charge is 0.257 e. The van der Waals surface area contributed by atoms with Crippen molar-refractivity contribution < 1.29 is 9.18 Å². The van der Waals surface area contributed by atoms with Crippen LogP contribution in [-0.2, 0) is 13.1 Å². The minimum atomic E-state index is -0.209. The Balaban J connectivity index is 1.77. The van der Waals surface area contributed by atoms with E-state index in [1.165, 1.54) is 12.1 Å². The number of rotatable bonds is 5. The summed E-state index contributed by atoms with van der Waals surface area (Å²) in [5.41, 5.74) is 2.60. The molecule has 1 fully saturated rings. The number of halogens is 1. The van der Waals surface area contributed by atoms with Gasteiger partial charge in [-0.1, -0.05) is 26.0 Å². The second kappa shape index (κ2) is 8.86. The molecule has 0 aliphatic carbocycles. The van der Waals surface area contributed by atoms with Crippen molar-refractivity contribution in [3.05, 3.63) is 53.1 Å². The lowest BCUT2D eigenvalue weighted by molar-refractivity contribution is 0.0701. The molecule has 1 atom stereocenters. The molecule has 1 aliphatic rings. The van der Waals surface area contributed by atoms with Gasteiger partial charge in [0, 0.05) is 45.0 Å². The molecule has 152 valence electrons. The summed E-state index contributed by atoms with van der Waals surface area (Å²) < 4.78 is 15.1. The molecule has 1 aromatic heterocycles. The standard InChI is InChI=1S/C22H31FN4O/c1-5-27-14-20(17(4)24-27)22(28)26-12-6-11-25(21(15-26)16(2)3)13-18-7-9-19(23)10-8-18/h7-10,14,16,21H,5-6,11-13,15H2,1-4H3/t21-/m1/s1. The molecule has 3 rings (SSSR count). The number of nitrogens with zero attached hydrogens (tertiary/aromatic N) is 4. The third-order valence-electron chi connectivity index (χ3n) is 5.61. The van der Waals surface area contributed by atoms with Gasteiger partial charge in [0.2, 0.25) is 0 Å². The van der Waals surface area contributed by atoms with Crippen molar-refractivity contribution in [3.63, 3.8) is 0 Å². The van der Waals surface area contributed by atoms with Crippen LogP contribution in [0.15, 0.2) is 30.5 Å². The summed E-state index contributed by atoms with van der Waals surface area (Å²) >= 11 is 0. The van der Waals surface area contributed by atoms with Crippen molar-refractivity contribution in [1.29, 1.82) is 0 Å². The summed E-state index contributed by atoms with van der Waals surface area (Å²) in [4.78, 5) is 17.6. The Bertz CT molecular complexity index is 799. The van der Waals surface area contributed by atoms with Crippen LogP contribution in [0.2, 0.25) is 0 Å². The number of hydrogen-bond donors (Lipinski definition) is 0. The Hall–Kier alpha value is -2.21. The fourth-order valence-electron chi connectivity index (χ4n) is 3.96. The second-order valence-electron chi connectivity index (χ2n) is 8.00. The van der Waals surface area contributed by atoms with Crippen LogP contribution in [0.3, 0.4) is 0 Å². The predicted octanol–water partition coefficient (Wildman–Crippen LogP) is 3.72. The second-order valence-corrected chi connectivity index (χ2v) is 8.00. The van der Waals surface area contributed by atoms with Gasteiger partial charge in [-0.15, -0.1) is 0 Å². The third-order valence-corrected chi connectivity index (χ3v) is 5.61. The summed E-state index contributed by atoms with van der Waals surface area (Å²) in [6.07, 6.45) is 2.79. The minimum absolute atomic E-state index is 0.0754. The number of hydrogen-bond acceptors (Lipinski definition) is 3. The molecular formula is C22H31FN4O. The molecule has 0 unspecified atom stereocenters. The quantitative estimate of drug-likeness (QED) is 0.786. The number of amides is 1. The van der Waals surface area contributed by atoms with Gasteiger partial charge in [0.05, 0.1) is 11.3 Å². The van der Waals surface area contributed by atoms with Crippen molar-refractivity contribution in [1.82, 2.24) is 19.6 Å². The lowest BCUT2D eigenvalue weighted by Crippen LogP contribution is -2.45. The Labute approximate surface area is 167 Å². The molecule has 0 bridgehead atoms. The van der Waals surface area contributed by atoms with Gasteiger partial charge in [-0.05, 0) is 43.9 Å². The molecule has 0 spiro atoms. The van der Waals surface area contributed by atoms with Gasteiger partial charge < -0.3 is 4.90 Å². The van der Waals surface area contributed by atoms with E-state index in [-0.39, 0.29) is 17.8 Å². The van der Waals surface area contributed by atoms with Crippen LogP contribution >= 0.6 is 0 Å². The number of carbonyl (C=O) groups excluding carboxylic acids is 1. The highest BCUT2D eigenvalue weighted by Crippen LogP contribution is 2.22. The van der Waals surface area contributed by atoms with Crippen LogP contribution in [0, 0.1) is 18.7 Å². The predicted molar refractivity (Wildman–Crippen MR) is 109 cm³/mol. The topological polar surface area (TPSA) is 41.4 Å². The van der Waals surface area contributed by atoms with Crippen LogP contribution < -0.4 is 0 Å². The summed E-state index contributed by atoms with van der Waals surface area (Å²) in [5.74, 6) is 0.277. The van der Waals surface area contributed by atoms with Crippen molar-refractivity contribution in [2.45, 2.75) is 53.2 Å². The fourth-order valence-corrected chi connectivity index (χ4v) is 3.96. The van der Waals surface area contributed by atoms with Gasteiger partial charge in [-0.2, -0.15) is 5.10 Å². The molecule has 0 radical (unpaired) electrons. The van der Waals surface area contributed by atoms with E-state index < -0.39 is 0 Å². The maximum absolute atomic E-state index is 13.2. The first-order valence-electron chi connectivity index (χ1n) is 10.2. The van der Waals surface area contributed by atoms with Crippen molar-refractivity contribution in [2.24, 2.45) is 5.92 Å². The van der Waals surface area contributed by atoms with Gasteiger partial charge in [0.1, 0.15) is 5.82 Å². The van der Waals surface area contributed by atoms with E-state index in [0.29, 0.717) is 18.0 Å². The Morgan fingerprint density at radius 1 is 1.25 bits per heavy atom. The van der Waals surface area contributed by atoms with Crippen LogP contribution in [0.1, 0.15) is 48.8 Å². The number of aromatic nitrogens is 2. The van der Waals surface area contributed by atoms with Gasteiger partial charge in [0.25, 0.3) is 5.91 Å². The maximum Gasteiger partial charge on any atom is 0.257 e. The van der Waals surface area contributed by atoms with E-state index in [0.717, 1.165) is 43.9 Å². The van der Waals surface area contributed by atoms with E-state index >= 15 is 0 Å². The van der Waals surface area contributed by atoms with Crippen molar-refractivity contribution in [2.75, 3.05) is 19.6 Å². The molecule has 1 aliphatic heterocycles. The van der Waals surface area contributed by atoms with E-state index in [9.17, 15) is 9.18 Å². The molecule has 1 amide bonds. The number of benzene rings is 1. The first-order valence-corrected chi connectivity index (χ1v) is 10.2. The average molecular weight is 387 g/mol. The molecule has 0 N–H and O–H groups in total. The normalized spacial score (nSPS) is 18.5. The van der Waals surface area contributed by atoms with Gasteiger partial charge in [-0.25, -0.2) is 4.39 Å². The Morgan fingerprint density at radius 2 is 1.96 bits per heavy atom. The minimum Gasteiger partial charge on any atom is -0.337 e. The lowest BCUT2D eigenvalue weighted by Gasteiger charge is -2.34. The maximum atomic E-state index is 13.2. The van der Waals surface area contributed by atoms with Gasteiger partial charge in [-0.3, -0.25) is 14.4 Å². The zero-order chi connectivity index (χ0) is 20.3. The number of carbonyl (C=O) groups is 1. The monoisotopic (exact) mass is 386 g/mol. The zero-order valence-electron chi connectivity index (χ0n) is 17.4. The summed E-state index contributed by atoms with van der Waals surface area (Å²) in [6.45, 7) is 12.2. The summed E-state index contributed by atoms with van der Waals surface area (Å²) in [7, 11) is 0. The van der Waals surface area contributed by atoms with E-state index in [1.54, 1.807) is 0 Å². The fraction of sp³-hybridized carbons (Fsp3) is 0.545. The van der Waals surface area contributed by atoms with Gasteiger partial charge in [0.15, 0.2) is 0 Å². The molecule has 2 heterocycles. The molecule has 2 aromatic rings. The molecular weight excluding hydrogens is 355 g/mol. The number of aryl methyl sites for hydroxylation is 2. The molecule has 28 heavy (non-hydrogen) atoms. The first-order chi connectivity index (χ1) is 13.4. The van der Waals surface area contributed by atoms with E-state index in [2.05, 4.69) is 23.8 Å². The molecule has 1 aromatic carbocycles. The Kier molecular flexibility index (Phi) is 6.50. The molecule has 1 saturated heterocycles. The van der Waals surface area contributed by atoms with Crippen LogP contribution in [-0.4, -0.2) is 51.2 Å². The lowest BCUT2D eigenvalue weighted by atomic mass is 10.0. The SMILES string of the molecule is CCn1cc(C(=O)N2CCCN(Cc3ccc(F)cc3)[C@@H](C(C)C)C2)c(C)n1. The summed E-state index contributed by atoms with van der Waals surface area (Å²) in [5, 5.41) is 4.43. The first kappa shape index (κ1) is 20.5.